The van der Waals surface area contributed by atoms with Gasteiger partial charge >= 0.3 is 0 Å². The van der Waals surface area contributed by atoms with Gasteiger partial charge in [-0.1, -0.05) is 36.4 Å². The van der Waals surface area contributed by atoms with Crippen LogP contribution in [-0.2, 0) is 0 Å². The third-order valence-corrected chi connectivity index (χ3v) is 3.10. The Morgan fingerprint density at radius 1 is 1.05 bits per heavy atom. The summed E-state index contributed by atoms with van der Waals surface area (Å²) >= 11 is 0. The van der Waals surface area contributed by atoms with E-state index in [1.165, 1.54) is 12.3 Å². The predicted molar refractivity (Wildman–Crippen MR) is 77.7 cm³/mol. The predicted octanol–water partition coefficient (Wildman–Crippen LogP) is 4.03. The maximum Gasteiger partial charge on any atom is 0.189 e. The highest BCUT2D eigenvalue weighted by molar-refractivity contribution is 6.11. The summed E-state index contributed by atoms with van der Waals surface area (Å²) in [5.74, 6) is -0.284. The van der Waals surface area contributed by atoms with Gasteiger partial charge in [-0.15, -0.1) is 0 Å². The number of carbonyl (C=O) groups excluding carboxylic acids is 1. The lowest BCUT2D eigenvalue weighted by molar-refractivity contribution is 0.104. The van der Waals surface area contributed by atoms with Crippen LogP contribution in [0.1, 0.15) is 15.9 Å². The Morgan fingerprint density at radius 2 is 1.85 bits per heavy atom. The van der Waals surface area contributed by atoms with Crippen LogP contribution in [0.25, 0.3) is 17.0 Å². The summed E-state index contributed by atoms with van der Waals surface area (Å²) in [5, 5.41) is 10.6. The molecule has 2 aromatic carbocycles. The lowest BCUT2D eigenvalue weighted by Crippen LogP contribution is -1.94. The van der Waals surface area contributed by atoms with Crippen molar-refractivity contribution in [2.24, 2.45) is 0 Å². The van der Waals surface area contributed by atoms with Crippen LogP contribution in [0.15, 0.2) is 65.3 Å². The Bertz CT molecular complexity index is 782. The molecule has 0 saturated carbocycles. The van der Waals surface area contributed by atoms with Crippen molar-refractivity contribution in [3.05, 3.63) is 72.0 Å². The molecule has 0 fully saturated rings. The number of allylic oxidation sites excluding steroid dienone is 1. The fourth-order valence-electron chi connectivity index (χ4n) is 2.05. The molecule has 3 rings (SSSR count). The number of phenols is 1. The van der Waals surface area contributed by atoms with Gasteiger partial charge < -0.3 is 9.52 Å². The Morgan fingerprint density at radius 3 is 2.65 bits per heavy atom. The Kier molecular flexibility index (Phi) is 3.09. The van der Waals surface area contributed by atoms with Crippen LogP contribution in [0, 0.1) is 0 Å². The second kappa shape index (κ2) is 5.05. The summed E-state index contributed by atoms with van der Waals surface area (Å²) in [6, 6.07) is 14.4. The van der Waals surface area contributed by atoms with Gasteiger partial charge in [-0.05, 0) is 29.8 Å². The van der Waals surface area contributed by atoms with Crippen molar-refractivity contribution in [3.8, 4) is 5.75 Å². The average Bonchev–Trinajstić information content (AvgIpc) is 2.96. The van der Waals surface area contributed by atoms with Crippen LogP contribution in [0.5, 0.6) is 5.75 Å². The van der Waals surface area contributed by atoms with E-state index in [9.17, 15) is 9.90 Å². The van der Waals surface area contributed by atoms with Gasteiger partial charge in [0.25, 0.3) is 0 Å². The first-order chi connectivity index (χ1) is 9.75. The Labute approximate surface area is 115 Å². The van der Waals surface area contributed by atoms with Crippen molar-refractivity contribution < 1.29 is 14.3 Å². The van der Waals surface area contributed by atoms with E-state index >= 15 is 0 Å². The van der Waals surface area contributed by atoms with Gasteiger partial charge in [0.05, 0.1) is 17.2 Å². The zero-order chi connectivity index (χ0) is 13.9. The average molecular weight is 264 g/mol. The molecule has 3 nitrogen and oxygen atoms in total. The summed E-state index contributed by atoms with van der Waals surface area (Å²) in [6.07, 6.45) is 4.66. The van der Waals surface area contributed by atoms with Crippen LogP contribution < -0.4 is 0 Å². The lowest BCUT2D eigenvalue weighted by Gasteiger charge is -2.01. The summed E-state index contributed by atoms with van der Waals surface area (Å²) in [5.41, 5.74) is 1.77. The minimum atomic E-state index is -0.241. The molecule has 0 bridgehead atoms. The van der Waals surface area contributed by atoms with E-state index in [0.29, 0.717) is 11.0 Å². The van der Waals surface area contributed by atoms with E-state index in [1.54, 1.807) is 24.3 Å². The number of carbonyl (C=O) groups is 1. The molecule has 0 saturated heterocycles. The van der Waals surface area contributed by atoms with E-state index < -0.39 is 0 Å². The number of furan rings is 1. The van der Waals surface area contributed by atoms with Crippen molar-refractivity contribution in [2.75, 3.05) is 0 Å². The molecule has 1 aromatic heterocycles. The van der Waals surface area contributed by atoms with Gasteiger partial charge in [0.1, 0.15) is 11.3 Å². The van der Waals surface area contributed by atoms with Gasteiger partial charge in [0.2, 0.25) is 0 Å². The van der Waals surface area contributed by atoms with Crippen LogP contribution in [0.3, 0.4) is 0 Å². The van der Waals surface area contributed by atoms with Crippen LogP contribution >= 0.6 is 0 Å². The highest BCUT2D eigenvalue weighted by Gasteiger charge is 2.12. The van der Waals surface area contributed by atoms with Crippen molar-refractivity contribution in [1.82, 2.24) is 0 Å². The zero-order valence-electron chi connectivity index (χ0n) is 10.6. The number of hydrogen-bond acceptors (Lipinski definition) is 3. The Hall–Kier alpha value is -2.81. The van der Waals surface area contributed by atoms with Crippen molar-refractivity contribution in [3.63, 3.8) is 0 Å². The Balaban J connectivity index is 1.93. The molecule has 0 aliphatic rings. The SMILES string of the molecule is O=C(/C=C/c1ccccc1)c1ccc2occc2c1O. The van der Waals surface area contributed by atoms with Gasteiger partial charge in [-0.2, -0.15) is 0 Å². The summed E-state index contributed by atoms with van der Waals surface area (Å²) in [7, 11) is 0. The van der Waals surface area contributed by atoms with E-state index in [-0.39, 0.29) is 17.1 Å². The smallest absolute Gasteiger partial charge is 0.189 e. The quantitative estimate of drug-likeness (QED) is 0.574. The molecular weight excluding hydrogens is 252 g/mol. The van der Waals surface area contributed by atoms with Crippen molar-refractivity contribution >= 4 is 22.8 Å². The van der Waals surface area contributed by atoms with E-state index in [1.807, 2.05) is 30.3 Å². The number of benzene rings is 2. The standard InChI is InChI=1S/C17H12O3/c18-15(8-6-12-4-2-1-3-5-12)13-7-9-16-14(17(13)19)10-11-20-16/h1-11,19H/b8-6+. The number of hydrogen-bond donors (Lipinski definition) is 1. The maximum atomic E-state index is 12.1. The van der Waals surface area contributed by atoms with Gasteiger partial charge in [-0.3, -0.25) is 4.79 Å². The first-order valence-electron chi connectivity index (χ1n) is 6.22. The van der Waals surface area contributed by atoms with Gasteiger partial charge in [-0.25, -0.2) is 0 Å². The molecule has 1 heterocycles. The molecule has 3 aromatic rings. The molecule has 0 spiro atoms. The highest BCUT2D eigenvalue weighted by atomic mass is 16.3. The summed E-state index contributed by atoms with van der Waals surface area (Å²) < 4.78 is 5.17. The minimum Gasteiger partial charge on any atom is -0.506 e. The second-order valence-corrected chi connectivity index (χ2v) is 4.40. The number of rotatable bonds is 3. The molecule has 20 heavy (non-hydrogen) atoms. The van der Waals surface area contributed by atoms with Crippen molar-refractivity contribution in [2.45, 2.75) is 0 Å². The topological polar surface area (TPSA) is 50.4 Å². The molecule has 0 unspecified atom stereocenters. The molecule has 3 heteroatoms. The molecule has 98 valence electrons. The van der Waals surface area contributed by atoms with Crippen LogP contribution in [-0.4, -0.2) is 10.9 Å². The molecule has 0 amide bonds. The van der Waals surface area contributed by atoms with E-state index in [4.69, 9.17) is 4.42 Å². The third kappa shape index (κ3) is 2.21. The second-order valence-electron chi connectivity index (χ2n) is 4.40. The zero-order valence-corrected chi connectivity index (χ0v) is 10.6. The highest BCUT2D eigenvalue weighted by Crippen LogP contribution is 2.30. The number of ketones is 1. The van der Waals surface area contributed by atoms with Gasteiger partial charge in [0.15, 0.2) is 5.78 Å². The third-order valence-electron chi connectivity index (χ3n) is 3.10. The first kappa shape index (κ1) is 12.2. The molecule has 0 aliphatic heterocycles. The molecule has 1 N–H and O–H groups in total. The molecule has 0 atom stereocenters. The van der Waals surface area contributed by atoms with Gasteiger partial charge in [0, 0.05) is 0 Å². The van der Waals surface area contributed by atoms with Crippen molar-refractivity contribution in [1.29, 1.82) is 0 Å². The molecule has 0 radical (unpaired) electrons. The fraction of sp³-hybridized carbons (Fsp3) is 0. The summed E-state index contributed by atoms with van der Waals surface area (Å²) in [4.78, 5) is 12.1. The molecular formula is C17H12O3. The van der Waals surface area contributed by atoms with Crippen LogP contribution in [0.2, 0.25) is 0 Å². The first-order valence-corrected chi connectivity index (χ1v) is 6.22. The van der Waals surface area contributed by atoms with Crippen LogP contribution in [0.4, 0.5) is 0 Å². The maximum absolute atomic E-state index is 12.1. The fourth-order valence-corrected chi connectivity index (χ4v) is 2.05. The normalized spacial score (nSPS) is 11.2. The number of aromatic hydroxyl groups is 1. The minimum absolute atomic E-state index is 0.0426. The van der Waals surface area contributed by atoms with E-state index in [0.717, 1.165) is 5.56 Å². The van der Waals surface area contributed by atoms with E-state index in [2.05, 4.69) is 0 Å². The monoisotopic (exact) mass is 264 g/mol. The number of fused-ring (bicyclic) bond motifs is 1. The largest absolute Gasteiger partial charge is 0.506 e. The summed E-state index contributed by atoms with van der Waals surface area (Å²) in [6.45, 7) is 0. The lowest BCUT2D eigenvalue weighted by atomic mass is 10.1. The molecule has 0 aliphatic carbocycles. The number of phenolic OH excluding ortho intramolecular Hbond substituents is 1.